The minimum atomic E-state index is -1.78. The first-order valence-electron chi connectivity index (χ1n) is 13.4. The summed E-state index contributed by atoms with van der Waals surface area (Å²) >= 11 is 0. The molecule has 0 bridgehead atoms. The van der Waals surface area contributed by atoms with Crippen LogP contribution < -0.4 is 5.32 Å². The van der Waals surface area contributed by atoms with E-state index < -0.39 is 40.3 Å². The third kappa shape index (κ3) is 4.68. The van der Waals surface area contributed by atoms with Gasteiger partial charge in [-0.15, -0.1) is 0 Å². The molecule has 38 heavy (non-hydrogen) atoms. The SMILES string of the molecule is CC[C@@H]1C[C@@]2(Cc3ccc(C#N)cc3[C@]23N=C(NC(=O)OC(C)(C)C)N(CC(C)(C)F)C3=O)C[C@H](C)[C@H]1O. The maximum atomic E-state index is 15.1. The molecule has 1 fully saturated rings. The number of hydrogen-bond donors (Lipinski definition) is 2. The fourth-order valence-electron chi connectivity index (χ4n) is 6.74. The van der Waals surface area contributed by atoms with Gasteiger partial charge in [0.25, 0.3) is 5.91 Å². The molecule has 8 nitrogen and oxygen atoms in total. The van der Waals surface area contributed by atoms with Gasteiger partial charge in [-0.3, -0.25) is 15.0 Å². The van der Waals surface area contributed by atoms with Crippen molar-refractivity contribution in [3.8, 4) is 6.07 Å². The van der Waals surface area contributed by atoms with Gasteiger partial charge in [0.15, 0.2) is 5.54 Å². The number of alkyl halides is 1. The topological polar surface area (TPSA) is 115 Å². The third-order valence-corrected chi connectivity index (χ3v) is 8.11. The monoisotopic (exact) mass is 526 g/mol. The van der Waals surface area contributed by atoms with E-state index in [2.05, 4.69) is 11.4 Å². The molecule has 1 saturated carbocycles. The largest absolute Gasteiger partial charge is 0.444 e. The summed E-state index contributed by atoms with van der Waals surface area (Å²) in [5.74, 6) is -0.650. The van der Waals surface area contributed by atoms with E-state index in [-0.39, 0.29) is 24.3 Å². The first kappa shape index (κ1) is 28.0. The maximum absolute atomic E-state index is 15.1. The summed E-state index contributed by atoms with van der Waals surface area (Å²) in [4.78, 5) is 33.6. The Bertz CT molecular complexity index is 1210. The van der Waals surface area contributed by atoms with E-state index in [1.54, 1.807) is 32.9 Å². The highest BCUT2D eigenvalue weighted by Crippen LogP contribution is 2.64. The molecular formula is C29H39FN4O4. The molecule has 1 aromatic rings. The number of hydrogen-bond acceptors (Lipinski definition) is 6. The average molecular weight is 527 g/mol. The zero-order valence-electron chi connectivity index (χ0n) is 23.4. The Morgan fingerprint density at radius 3 is 2.58 bits per heavy atom. The number of aliphatic hydroxyl groups excluding tert-OH is 1. The molecule has 0 radical (unpaired) electrons. The van der Waals surface area contributed by atoms with E-state index in [9.17, 15) is 20.0 Å². The number of fused-ring (bicyclic) bond motifs is 3. The quantitative estimate of drug-likeness (QED) is 0.598. The van der Waals surface area contributed by atoms with E-state index in [0.29, 0.717) is 30.4 Å². The van der Waals surface area contributed by atoms with Crippen molar-refractivity contribution in [2.75, 3.05) is 6.54 Å². The number of aliphatic hydroxyl groups is 1. The number of nitriles is 1. The molecule has 2 spiro atoms. The highest BCUT2D eigenvalue weighted by molar-refractivity contribution is 6.12. The molecule has 1 aromatic carbocycles. The second kappa shape index (κ2) is 9.33. The van der Waals surface area contributed by atoms with Crippen LogP contribution in [0.5, 0.6) is 0 Å². The maximum Gasteiger partial charge on any atom is 0.414 e. The lowest BCUT2D eigenvalue weighted by molar-refractivity contribution is -0.142. The van der Waals surface area contributed by atoms with Crippen LogP contribution >= 0.6 is 0 Å². The molecule has 206 valence electrons. The summed E-state index contributed by atoms with van der Waals surface area (Å²) in [6.07, 6.45) is 1.01. The lowest BCUT2D eigenvalue weighted by Gasteiger charge is -2.50. The fraction of sp³-hybridized carbons (Fsp3) is 0.655. The Hall–Kier alpha value is -2.99. The van der Waals surface area contributed by atoms with E-state index >= 15 is 4.39 Å². The molecule has 0 saturated heterocycles. The number of carbonyl (C=O) groups is 2. The van der Waals surface area contributed by atoms with E-state index in [1.807, 2.05) is 19.9 Å². The fourth-order valence-corrected chi connectivity index (χ4v) is 6.74. The van der Waals surface area contributed by atoms with Crippen LogP contribution in [0.4, 0.5) is 9.18 Å². The van der Waals surface area contributed by atoms with Gasteiger partial charge >= 0.3 is 6.09 Å². The molecule has 2 aliphatic carbocycles. The Morgan fingerprint density at radius 1 is 1.32 bits per heavy atom. The van der Waals surface area contributed by atoms with Crippen LogP contribution in [0.25, 0.3) is 0 Å². The summed E-state index contributed by atoms with van der Waals surface area (Å²) in [5.41, 5.74) is -2.84. The molecule has 2 amide bonds. The zero-order chi connectivity index (χ0) is 28.3. The molecular weight excluding hydrogens is 487 g/mol. The van der Waals surface area contributed by atoms with Crippen molar-refractivity contribution in [3.63, 3.8) is 0 Å². The molecule has 0 aromatic heterocycles. The van der Waals surface area contributed by atoms with Crippen molar-refractivity contribution in [3.05, 3.63) is 34.9 Å². The first-order valence-corrected chi connectivity index (χ1v) is 13.4. The summed E-state index contributed by atoms with van der Waals surface area (Å²) in [5, 5.41) is 23.3. The number of benzene rings is 1. The van der Waals surface area contributed by atoms with Crippen molar-refractivity contribution < 1.29 is 23.8 Å². The van der Waals surface area contributed by atoms with Crippen LogP contribution in [0.3, 0.4) is 0 Å². The van der Waals surface area contributed by atoms with Gasteiger partial charge in [0.1, 0.15) is 11.3 Å². The van der Waals surface area contributed by atoms with Crippen LogP contribution in [0, 0.1) is 28.6 Å². The molecule has 4 rings (SSSR count). The van der Waals surface area contributed by atoms with Crippen molar-refractivity contribution in [2.45, 2.75) is 97.1 Å². The predicted octanol–water partition coefficient (Wildman–Crippen LogP) is 4.58. The normalized spacial score (nSPS) is 30.8. The summed E-state index contributed by atoms with van der Waals surface area (Å²) in [6.45, 7) is 11.6. The number of halogens is 1. The number of nitrogens with zero attached hydrogens (tertiary/aromatic N) is 3. The Labute approximate surface area is 224 Å². The number of alkyl carbamates (subject to hydrolysis) is 1. The second-order valence-corrected chi connectivity index (χ2v) is 12.9. The highest BCUT2D eigenvalue weighted by Gasteiger charge is 2.68. The lowest BCUT2D eigenvalue weighted by Crippen LogP contribution is -2.56. The smallest absolute Gasteiger partial charge is 0.414 e. The summed E-state index contributed by atoms with van der Waals surface area (Å²) < 4.78 is 20.5. The van der Waals surface area contributed by atoms with Gasteiger partial charge in [0.05, 0.1) is 24.3 Å². The van der Waals surface area contributed by atoms with Gasteiger partial charge in [0.2, 0.25) is 5.96 Å². The zero-order valence-corrected chi connectivity index (χ0v) is 23.4. The van der Waals surface area contributed by atoms with Gasteiger partial charge < -0.3 is 9.84 Å². The van der Waals surface area contributed by atoms with Crippen LogP contribution in [0.15, 0.2) is 23.2 Å². The standard InChI is InChI=1S/C29H39FN4O4/c1-8-19-13-28(12-17(2)22(19)35)14-20-10-9-18(15-31)11-21(20)29(28)23(36)34(16-27(6,7)30)24(33-29)32-25(37)38-26(3,4)5/h9-11,17,19,22,35H,8,12-14,16H2,1-7H3,(H,32,33,37)/t17-,19+,22+,28+,29+/m0/s1. The van der Waals surface area contributed by atoms with Gasteiger partial charge in [0, 0.05) is 5.41 Å². The van der Waals surface area contributed by atoms with Crippen molar-refractivity contribution in [1.29, 1.82) is 5.26 Å². The van der Waals surface area contributed by atoms with Gasteiger partial charge in [-0.2, -0.15) is 5.26 Å². The van der Waals surface area contributed by atoms with Crippen LogP contribution in [0.1, 0.15) is 84.4 Å². The number of guanidine groups is 1. The number of rotatable bonds is 3. The van der Waals surface area contributed by atoms with Crippen molar-refractivity contribution >= 4 is 18.0 Å². The highest BCUT2D eigenvalue weighted by atomic mass is 19.1. The predicted molar refractivity (Wildman–Crippen MR) is 141 cm³/mol. The van der Waals surface area contributed by atoms with Gasteiger partial charge in [-0.25, -0.2) is 14.2 Å². The number of nitrogens with one attached hydrogen (secondary N) is 1. The van der Waals surface area contributed by atoms with E-state index in [0.717, 1.165) is 12.0 Å². The van der Waals surface area contributed by atoms with Gasteiger partial charge in [-0.1, -0.05) is 26.3 Å². The van der Waals surface area contributed by atoms with E-state index in [1.165, 1.54) is 18.7 Å². The van der Waals surface area contributed by atoms with Crippen LogP contribution in [0.2, 0.25) is 0 Å². The Morgan fingerprint density at radius 2 is 2.00 bits per heavy atom. The van der Waals surface area contributed by atoms with Crippen molar-refractivity contribution in [1.82, 2.24) is 10.2 Å². The van der Waals surface area contributed by atoms with Gasteiger partial charge in [-0.05, 0) is 89.0 Å². The number of amides is 2. The van der Waals surface area contributed by atoms with E-state index in [4.69, 9.17) is 9.73 Å². The second-order valence-electron chi connectivity index (χ2n) is 12.9. The average Bonchev–Trinajstić information content (AvgIpc) is 3.20. The number of carbonyl (C=O) groups excluding carboxylic acids is 2. The molecule has 5 atom stereocenters. The number of ether oxygens (including phenoxy) is 1. The minimum absolute atomic E-state index is 0.0581. The molecule has 9 heteroatoms. The molecule has 1 heterocycles. The molecule has 1 aliphatic heterocycles. The minimum Gasteiger partial charge on any atom is -0.444 e. The Balaban J connectivity index is 1.93. The lowest BCUT2D eigenvalue weighted by atomic mass is 9.56. The first-order chi connectivity index (χ1) is 17.6. The Kier molecular flexibility index (Phi) is 6.89. The van der Waals surface area contributed by atoms with Crippen LogP contribution in [-0.2, 0) is 21.5 Å². The molecule has 0 unspecified atom stereocenters. The molecule has 2 N–H and O–H groups in total. The summed E-state index contributed by atoms with van der Waals surface area (Å²) in [7, 11) is 0. The third-order valence-electron chi connectivity index (χ3n) is 8.11. The molecule has 3 aliphatic rings. The summed E-state index contributed by atoms with van der Waals surface area (Å²) in [6, 6.07) is 7.47. The van der Waals surface area contributed by atoms with Crippen molar-refractivity contribution in [2.24, 2.45) is 22.2 Å². The number of aliphatic imine (C=N–C) groups is 1. The van der Waals surface area contributed by atoms with Crippen LogP contribution in [-0.4, -0.2) is 51.9 Å².